The second-order valence-electron chi connectivity index (χ2n) is 7.71. The number of carbonyl (C=O) groups excluding carboxylic acids is 1. The molecule has 1 aliphatic carbocycles. The second-order valence-corrected chi connectivity index (χ2v) is 10.1. The molecule has 170 valence electrons. The fourth-order valence-corrected chi connectivity index (χ4v) is 5.33. The van der Waals surface area contributed by atoms with Gasteiger partial charge >= 0.3 is 0 Å². The molecule has 0 aliphatic heterocycles. The van der Waals surface area contributed by atoms with Gasteiger partial charge in [0, 0.05) is 11.3 Å². The van der Waals surface area contributed by atoms with Crippen LogP contribution in [0.2, 0.25) is 0 Å². The molecule has 1 fully saturated rings. The van der Waals surface area contributed by atoms with Gasteiger partial charge in [-0.3, -0.25) is 10.1 Å². The van der Waals surface area contributed by atoms with E-state index in [2.05, 4.69) is 15.5 Å². The molecule has 1 amide bonds. The average molecular weight is 481 g/mol. The first-order valence-corrected chi connectivity index (χ1v) is 12.5. The lowest BCUT2D eigenvalue weighted by Crippen LogP contribution is -2.13. The lowest BCUT2D eigenvalue weighted by atomic mass is 10.0. The van der Waals surface area contributed by atoms with Crippen molar-refractivity contribution in [2.75, 3.05) is 5.32 Å². The van der Waals surface area contributed by atoms with Crippen LogP contribution in [-0.2, 0) is 11.4 Å². The largest absolute Gasteiger partial charge is 0.486 e. The summed E-state index contributed by atoms with van der Waals surface area (Å²) in [5.74, 6) is 0.690. The smallest absolute Gasteiger partial charge is 0.268 e. The van der Waals surface area contributed by atoms with Crippen LogP contribution in [-0.4, -0.2) is 21.4 Å². The van der Waals surface area contributed by atoms with E-state index in [1.807, 2.05) is 43.3 Å². The summed E-state index contributed by atoms with van der Waals surface area (Å²) in [6.07, 6.45) is 7.66. The quantitative estimate of drug-likeness (QED) is 0.312. The number of aryl methyl sites for hydroxylation is 1. The molecule has 9 heteroatoms. The fourth-order valence-electron chi connectivity index (χ4n) is 3.50. The van der Waals surface area contributed by atoms with Gasteiger partial charge in [0.15, 0.2) is 10.1 Å². The van der Waals surface area contributed by atoms with Crippen LogP contribution in [0.3, 0.4) is 0 Å². The van der Waals surface area contributed by atoms with Gasteiger partial charge in [0.25, 0.3) is 5.91 Å². The van der Waals surface area contributed by atoms with Crippen molar-refractivity contribution in [2.45, 2.75) is 56.0 Å². The Morgan fingerprint density at radius 3 is 2.88 bits per heavy atom. The molecule has 0 spiro atoms. The third kappa shape index (κ3) is 6.46. The summed E-state index contributed by atoms with van der Waals surface area (Å²) in [4.78, 5) is 12.6. The molecule has 0 atom stereocenters. The van der Waals surface area contributed by atoms with Gasteiger partial charge in [-0.05, 0) is 43.5 Å². The van der Waals surface area contributed by atoms with E-state index in [4.69, 9.17) is 9.15 Å². The van der Waals surface area contributed by atoms with E-state index >= 15 is 0 Å². The van der Waals surface area contributed by atoms with E-state index in [-0.39, 0.29) is 12.2 Å². The molecule has 1 N–H and O–H groups in total. The van der Waals surface area contributed by atoms with Crippen molar-refractivity contribution >= 4 is 40.2 Å². The van der Waals surface area contributed by atoms with Crippen LogP contribution in [0, 0.1) is 18.3 Å². The number of benzene rings is 1. The predicted molar refractivity (Wildman–Crippen MR) is 129 cm³/mol. The number of anilines is 1. The first-order valence-electron chi connectivity index (χ1n) is 10.8. The van der Waals surface area contributed by atoms with Gasteiger partial charge in [-0.2, -0.15) is 5.26 Å². The number of nitrogens with zero attached hydrogens (tertiary/aromatic N) is 3. The highest BCUT2D eigenvalue weighted by molar-refractivity contribution is 7.99. The van der Waals surface area contributed by atoms with Gasteiger partial charge in [0.1, 0.15) is 29.8 Å². The third-order valence-corrected chi connectivity index (χ3v) is 7.29. The molecule has 0 bridgehead atoms. The summed E-state index contributed by atoms with van der Waals surface area (Å²) >= 11 is 2.93. The van der Waals surface area contributed by atoms with Crippen molar-refractivity contribution in [2.24, 2.45) is 0 Å². The van der Waals surface area contributed by atoms with E-state index in [9.17, 15) is 10.1 Å². The first-order chi connectivity index (χ1) is 16.1. The minimum atomic E-state index is -0.557. The van der Waals surface area contributed by atoms with Crippen molar-refractivity contribution in [3.05, 3.63) is 58.3 Å². The SMILES string of the molecule is Cc1ccccc1OCc1nnc(NC(=O)C(C#N)=Cc2ccc(SC3CCCCC3)o2)s1. The van der Waals surface area contributed by atoms with Crippen molar-refractivity contribution in [1.29, 1.82) is 5.26 Å². The van der Waals surface area contributed by atoms with Crippen molar-refractivity contribution in [3.63, 3.8) is 0 Å². The number of rotatable bonds is 8. The van der Waals surface area contributed by atoms with E-state index in [1.54, 1.807) is 17.8 Å². The Hall–Kier alpha value is -3.09. The summed E-state index contributed by atoms with van der Waals surface area (Å²) in [5.41, 5.74) is 0.962. The summed E-state index contributed by atoms with van der Waals surface area (Å²) in [7, 11) is 0. The highest BCUT2D eigenvalue weighted by Crippen LogP contribution is 2.34. The molecule has 1 saturated carbocycles. The van der Waals surface area contributed by atoms with Gasteiger partial charge in [0.2, 0.25) is 5.13 Å². The van der Waals surface area contributed by atoms with Crippen molar-refractivity contribution in [1.82, 2.24) is 10.2 Å². The molecule has 1 aliphatic rings. The number of aromatic nitrogens is 2. The summed E-state index contributed by atoms with van der Waals surface area (Å²) in [5, 5.41) is 22.4. The average Bonchev–Trinajstić information content (AvgIpc) is 3.46. The van der Waals surface area contributed by atoms with Crippen LogP contribution in [0.5, 0.6) is 5.75 Å². The Morgan fingerprint density at radius 1 is 1.27 bits per heavy atom. The molecule has 1 aromatic carbocycles. The maximum Gasteiger partial charge on any atom is 0.268 e. The minimum Gasteiger partial charge on any atom is -0.486 e. The molecule has 2 heterocycles. The summed E-state index contributed by atoms with van der Waals surface area (Å²) in [6, 6.07) is 13.3. The van der Waals surface area contributed by atoms with E-state index in [0.717, 1.165) is 16.4 Å². The number of carbonyl (C=O) groups is 1. The highest BCUT2D eigenvalue weighted by Gasteiger charge is 2.17. The zero-order valence-electron chi connectivity index (χ0n) is 18.2. The summed E-state index contributed by atoms with van der Waals surface area (Å²) in [6.45, 7) is 2.21. The molecule has 33 heavy (non-hydrogen) atoms. The van der Waals surface area contributed by atoms with Crippen molar-refractivity contribution in [3.8, 4) is 11.8 Å². The lowest BCUT2D eigenvalue weighted by molar-refractivity contribution is -0.112. The second kappa shape index (κ2) is 11.2. The number of ether oxygens (including phenoxy) is 1. The summed E-state index contributed by atoms with van der Waals surface area (Å²) < 4.78 is 11.6. The number of nitrogens with one attached hydrogen (secondary N) is 1. The van der Waals surface area contributed by atoms with Gasteiger partial charge in [-0.1, -0.05) is 60.6 Å². The van der Waals surface area contributed by atoms with Crippen LogP contribution in [0.1, 0.15) is 48.4 Å². The Morgan fingerprint density at radius 2 is 2.09 bits per heavy atom. The predicted octanol–water partition coefficient (Wildman–Crippen LogP) is 5.99. The van der Waals surface area contributed by atoms with E-state index < -0.39 is 5.91 Å². The van der Waals surface area contributed by atoms with Crippen LogP contribution in [0.15, 0.2) is 51.5 Å². The Balaban J connectivity index is 1.34. The van der Waals surface area contributed by atoms with Crippen molar-refractivity contribution < 1.29 is 13.9 Å². The molecule has 3 aromatic rings. The monoisotopic (exact) mass is 480 g/mol. The Kier molecular flexibility index (Phi) is 7.81. The number of furan rings is 1. The van der Waals surface area contributed by atoms with E-state index in [1.165, 1.54) is 49.5 Å². The van der Waals surface area contributed by atoms with Gasteiger partial charge < -0.3 is 9.15 Å². The molecule has 4 rings (SSSR count). The molecule has 0 unspecified atom stereocenters. The van der Waals surface area contributed by atoms with Crippen LogP contribution in [0.25, 0.3) is 6.08 Å². The zero-order valence-corrected chi connectivity index (χ0v) is 19.9. The lowest BCUT2D eigenvalue weighted by Gasteiger charge is -2.19. The normalized spacial score (nSPS) is 14.6. The van der Waals surface area contributed by atoms with Crippen LogP contribution in [0.4, 0.5) is 5.13 Å². The topological polar surface area (TPSA) is 101 Å². The van der Waals surface area contributed by atoms with Gasteiger partial charge in [0.05, 0.1) is 0 Å². The number of thioether (sulfide) groups is 1. The maximum atomic E-state index is 12.6. The minimum absolute atomic E-state index is 0.0634. The van der Waals surface area contributed by atoms with Gasteiger partial charge in [-0.15, -0.1) is 10.2 Å². The third-order valence-electron chi connectivity index (χ3n) is 5.22. The van der Waals surface area contributed by atoms with Crippen LogP contribution >= 0.6 is 23.1 Å². The molecular weight excluding hydrogens is 456 g/mol. The number of nitriles is 1. The molecule has 0 radical (unpaired) electrons. The maximum absolute atomic E-state index is 12.6. The Labute approximate surface area is 200 Å². The van der Waals surface area contributed by atoms with Gasteiger partial charge in [-0.25, -0.2) is 0 Å². The Bertz CT molecular complexity index is 1170. The first kappa shape index (κ1) is 23.1. The molecule has 0 saturated heterocycles. The number of amides is 1. The van der Waals surface area contributed by atoms with E-state index in [0.29, 0.717) is 21.1 Å². The standard InChI is InChI=1S/C24H24N4O3S2/c1-16-7-5-6-10-20(16)30-15-21-27-28-24(33-21)26-23(29)17(14-25)13-18-11-12-22(31-18)32-19-8-3-2-4-9-19/h5-7,10-13,19H,2-4,8-9,15H2,1H3,(H,26,28,29). The number of hydrogen-bond donors (Lipinski definition) is 1. The van der Waals surface area contributed by atoms with Crippen LogP contribution < -0.4 is 10.1 Å². The number of para-hydroxylation sites is 1. The molecule has 7 nitrogen and oxygen atoms in total. The number of hydrogen-bond acceptors (Lipinski definition) is 8. The fraction of sp³-hybridized carbons (Fsp3) is 0.333. The molecule has 2 aromatic heterocycles. The zero-order chi connectivity index (χ0) is 23.0. The highest BCUT2D eigenvalue weighted by atomic mass is 32.2. The molecular formula is C24H24N4O3S2.